The zero-order valence-corrected chi connectivity index (χ0v) is 22.6. The molecular formula is C31H22ClFN4O5. The van der Waals surface area contributed by atoms with Gasteiger partial charge in [0.2, 0.25) is 0 Å². The summed E-state index contributed by atoms with van der Waals surface area (Å²) in [7, 11) is 0. The summed E-state index contributed by atoms with van der Waals surface area (Å²) < 4.78 is 24.2. The Morgan fingerprint density at radius 2 is 1.76 bits per heavy atom. The molecule has 1 aromatic heterocycles. The number of esters is 1. The lowest BCUT2D eigenvalue weighted by Crippen LogP contribution is -2.18. The van der Waals surface area contributed by atoms with E-state index in [0.29, 0.717) is 44.4 Å². The molecule has 0 aliphatic rings. The number of ether oxygens (including phenoxy) is 2. The van der Waals surface area contributed by atoms with Crippen molar-refractivity contribution < 1.29 is 28.6 Å². The van der Waals surface area contributed by atoms with Gasteiger partial charge in [-0.1, -0.05) is 42.4 Å². The van der Waals surface area contributed by atoms with Gasteiger partial charge in [0.15, 0.2) is 5.76 Å². The van der Waals surface area contributed by atoms with Gasteiger partial charge in [-0.25, -0.2) is 19.2 Å². The number of carbonyl (C=O) groups excluding carboxylic acids is 2. The summed E-state index contributed by atoms with van der Waals surface area (Å²) in [6.07, 6.45) is 1.39. The molecule has 0 bridgehead atoms. The summed E-state index contributed by atoms with van der Waals surface area (Å²) in [5.74, 6) is -1.91. The zero-order valence-electron chi connectivity index (χ0n) is 21.8. The molecule has 4 aromatic carbocycles. The SMILES string of the molecule is C=C(OC(=O)c1ccccc1O)C(=O)Nc1ccc2ncnc(Nc3ccc(OCc4cccc(F)c4)c(Cl)c3)c2c1. The summed E-state index contributed by atoms with van der Waals surface area (Å²) >= 11 is 6.43. The van der Waals surface area contributed by atoms with Crippen molar-refractivity contribution in [3.8, 4) is 11.5 Å². The first-order valence-corrected chi connectivity index (χ1v) is 12.8. The number of phenolic OH excluding ortho intramolecular Hbond substituents is 1. The predicted octanol–water partition coefficient (Wildman–Crippen LogP) is 6.76. The maximum Gasteiger partial charge on any atom is 0.347 e. The molecule has 0 aliphatic heterocycles. The van der Waals surface area contributed by atoms with E-state index in [2.05, 4.69) is 27.2 Å². The van der Waals surface area contributed by atoms with Crippen LogP contribution in [0.3, 0.4) is 0 Å². The highest BCUT2D eigenvalue weighted by atomic mass is 35.5. The number of fused-ring (bicyclic) bond motifs is 1. The van der Waals surface area contributed by atoms with Gasteiger partial charge in [0, 0.05) is 16.8 Å². The van der Waals surface area contributed by atoms with Crippen LogP contribution in [0.4, 0.5) is 21.6 Å². The van der Waals surface area contributed by atoms with Crippen LogP contribution in [0.2, 0.25) is 5.02 Å². The summed E-state index contributed by atoms with van der Waals surface area (Å²) in [6, 6.07) is 21.9. The van der Waals surface area contributed by atoms with Crippen molar-refractivity contribution >= 4 is 51.6 Å². The molecular weight excluding hydrogens is 563 g/mol. The van der Waals surface area contributed by atoms with Gasteiger partial charge in [-0.2, -0.15) is 0 Å². The number of phenols is 1. The van der Waals surface area contributed by atoms with E-state index in [1.165, 1.54) is 30.6 Å². The molecule has 0 aliphatic carbocycles. The molecule has 210 valence electrons. The fraction of sp³-hybridized carbons (Fsp3) is 0.0323. The number of aromatic hydroxyl groups is 1. The molecule has 9 nitrogen and oxygen atoms in total. The largest absolute Gasteiger partial charge is 0.507 e. The van der Waals surface area contributed by atoms with E-state index in [0.717, 1.165) is 0 Å². The highest BCUT2D eigenvalue weighted by molar-refractivity contribution is 6.32. The average Bonchev–Trinajstić information content (AvgIpc) is 2.97. The van der Waals surface area contributed by atoms with Crippen LogP contribution in [0, 0.1) is 5.82 Å². The Hall–Kier alpha value is -5.48. The van der Waals surface area contributed by atoms with Gasteiger partial charge in [0.1, 0.15) is 41.6 Å². The number of hydrogen-bond acceptors (Lipinski definition) is 8. The molecule has 0 saturated carbocycles. The van der Waals surface area contributed by atoms with Crippen LogP contribution in [-0.4, -0.2) is 27.0 Å². The third-order valence-corrected chi connectivity index (χ3v) is 6.26. The van der Waals surface area contributed by atoms with Crippen LogP contribution >= 0.6 is 11.6 Å². The number of carbonyl (C=O) groups is 2. The summed E-state index contributed by atoms with van der Waals surface area (Å²) in [5, 5.41) is 16.5. The number of rotatable bonds is 9. The molecule has 3 N–H and O–H groups in total. The quantitative estimate of drug-likeness (QED) is 0.0986. The predicted molar refractivity (Wildman–Crippen MR) is 156 cm³/mol. The Bertz CT molecular complexity index is 1830. The van der Waals surface area contributed by atoms with Gasteiger partial charge in [-0.05, 0) is 66.2 Å². The lowest BCUT2D eigenvalue weighted by molar-refractivity contribution is -0.115. The Kier molecular flexibility index (Phi) is 8.26. The minimum atomic E-state index is -0.921. The first-order chi connectivity index (χ1) is 20.3. The highest BCUT2D eigenvalue weighted by Crippen LogP contribution is 2.32. The molecule has 11 heteroatoms. The molecule has 1 amide bonds. The minimum absolute atomic E-state index is 0.101. The maximum atomic E-state index is 13.4. The number of nitrogens with zero attached hydrogens (tertiary/aromatic N) is 2. The summed E-state index contributed by atoms with van der Waals surface area (Å²) in [4.78, 5) is 33.6. The normalized spacial score (nSPS) is 10.6. The van der Waals surface area contributed by atoms with E-state index in [9.17, 15) is 19.1 Å². The van der Waals surface area contributed by atoms with E-state index in [1.54, 1.807) is 60.7 Å². The maximum absolute atomic E-state index is 13.4. The molecule has 0 unspecified atom stereocenters. The number of nitrogens with one attached hydrogen (secondary N) is 2. The van der Waals surface area contributed by atoms with Crippen molar-refractivity contribution in [1.82, 2.24) is 9.97 Å². The summed E-state index contributed by atoms with van der Waals surface area (Å²) in [6.45, 7) is 3.67. The molecule has 5 aromatic rings. The second kappa shape index (κ2) is 12.4. The highest BCUT2D eigenvalue weighted by Gasteiger charge is 2.18. The number of anilines is 3. The number of aromatic nitrogens is 2. The first kappa shape index (κ1) is 28.1. The van der Waals surface area contributed by atoms with Crippen molar-refractivity contribution in [3.63, 3.8) is 0 Å². The molecule has 0 radical (unpaired) electrons. The lowest BCUT2D eigenvalue weighted by Gasteiger charge is -2.13. The molecule has 0 atom stereocenters. The zero-order chi connectivity index (χ0) is 29.6. The fourth-order valence-corrected chi connectivity index (χ4v) is 4.15. The van der Waals surface area contributed by atoms with Crippen molar-refractivity contribution in [2.45, 2.75) is 6.61 Å². The number of halogens is 2. The number of hydrogen-bond donors (Lipinski definition) is 3. The molecule has 0 saturated heterocycles. The van der Waals surface area contributed by atoms with Gasteiger partial charge < -0.3 is 25.2 Å². The minimum Gasteiger partial charge on any atom is -0.507 e. The molecule has 0 fully saturated rings. The third-order valence-electron chi connectivity index (χ3n) is 5.96. The van der Waals surface area contributed by atoms with Gasteiger partial charge in [0.25, 0.3) is 5.91 Å². The fourth-order valence-electron chi connectivity index (χ4n) is 3.91. The summed E-state index contributed by atoms with van der Waals surface area (Å²) in [5.41, 5.74) is 2.13. The van der Waals surface area contributed by atoms with E-state index in [4.69, 9.17) is 21.1 Å². The number of amides is 1. The van der Waals surface area contributed by atoms with Gasteiger partial charge in [0.05, 0.1) is 10.5 Å². The van der Waals surface area contributed by atoms with Crippen molar-refractivity contribution in [3.05, 3.63) is 126 Å². The molecule has 0 spiro atoms. The Morgan fingerprint density at radius 3 is 2.55 bits per heavy atom. The Labute approximate surface area is 244 Å². The average molecular weight is 585 g/mol. The Morgan fingerprint density at radius 1 is 0.952 bits per heavy atom. The van der Waals surface area contributed by atoms with Gasteiger partial charge in [-0.3, -0.25) is 4.79 Å². The van der Waals surface area contributed by atoms with Crippen molar-refractivity contribution in [2.24, 2.45) is 0 Å². The van der Waals surface area contributed by atoms with Crippen LogP contribution < -0.4 is 15.4 Å². The van der Waals surface area contributed by atoms with E-state index in [-0.39, 0.29) is 23.7 Å². The van der Waals surface area contributed by atoms with Crippen molar-refractivity contribution in [2.75, 3.05) is 10.6 Å². The Balaban J connectivity index is 1.27. The number of para-hydroxylation sites is 1. The molecule has 1 heterocycles. The first-order valence-electron chi connectivity index (χ1n) is 12.5. The van der Waals surface area contributed by atoms with Crippen LogP contribution in [-0.2, 0) is 16.1 Å². The second-order valence-electron chi connectivity index (χ2n) is 8.93. The van der Waals surface area contributed by atoms with Gasteiger partial charge in [-0.15, -0.1) is 0 Å². The van der Waals surface area contributed by atoms with E-state index >= 15 is 0 Å². The molecule has 5 rings (SSSR count). The van der Waals surface area contributed by atoms with Gasteiger partial charge >= 0.3 is 5.97 Å². The van der Waals surface area contributed by atoms with Crippen LogP contribution in [0.25, 0.3) is 10.9 Å². The van der Waals surface area contributed by atoms with Crippen LogP contribution in [0.1, 0.15) is 15.9 Å². The second-order valence-corrected chi connectivity index (χ2v) is 9.33. The third kappa shape index (κ3) is 6.62. The smallest absolute Gasteiger partial charge is 0.347 e. The topological polar surface area (TPSA) is 123 Å². The monoisotopic (exact) mass is 584 g/mol. The van der Waals surface area contributed by atoms with E-state index in [1.807, 2.05) is 0 Å². The van der Waals surface area contributed by atoms with E-state index < -0.39 is 17.6 Å². The number of benzene rings is 4. The van der Waals surface area contributed by atoms with Crippen molar-refractivity contribution in [1.29, 1.82) is 0 Å². The van der Waals surface area contributed by atoms with Crippen LogP contribution in [0.15, 0.2) is 104 Å². The van der Waals surface area contributed by atoms with Crippen LogP contribution in [0.5, 0.6) is 11.5 Å². The molecule has 42 heavy (non-hydrogen) atoms. The lowest BCUT2D eigenvalue weighted by atomic mass is 10.2. The standard InChI is InChI=1S/C31H22ClFN4O5/c1-18(42-31(40)23-7-2-3-8-27(23)38)30(39)37-21-9-11-26-24(14-21)29(35-17-34-26)36-22-10-12-28(25(32)15-22)41-16-19-5-4-6-20(33)13-19/h2-15,17,38H,1,16H2,(H,37,39)(H,34,35,36).